The van der Waals surface area contributed by atoms with Gasteiger partial charge in [0.2, 0.25) is 0 Å². The number of hydrogen-bond acceptors (Lipinski definition) is 5. The average Bonchev–Trinajstić information content (AvgIpc) is 3.27. The van der Waals surface area contributed by atoms with Crippen LogP contribution in [-0.2, 0) is 4.79 Å². The second-order valence-corrected chi connectivity index (χ2v) is 9.23. The van der Waals surface area contributed by atoms with Crippen molar-refractivity contribution in [1.29, 1.82) is 0 Å². The van der Waals surface area contributed by atoms with E-state index in [0.29, 0.717) is 15.0 Å². The molecule has 29 heavy (non-hydrogen) atoms. The van der Waals surface area contributed by atoms with Crippen molar-refractivity contribution < 1.29 is 9.21 Å². The minimum absolute atomic E-state index is 0.141. The number of thioether (sulfide) groups is 1. The number of nitrogens with zero attached hydrogens (tertiary/aromatic N) is 2. The van der Waals surface area contributed by atoms with Crippen LogP contribution in [0.2, 0.25) is 0 Å². The molecule has 1 aliphatic heterocycles. The molecular formula is C22H17BrN2O2S2. The summed E-state index contributed by atoms with van der Waals surface area (Å²) in [5, 5.41) is 0. The quantitative estimate of drug-likeness (QED) is 0.326. The van der Waals surface area contributed by atoms with Crippen molar-refractivity contribution in [3.8, 4) is 11.3 Å². The number of benzene rings is 2. The van der Waals surface area contributed by atoms with Gasteiger partial charge in [-0.3, -0.25) is 9.69 Å². The lowest BCUT2D eigenvalue weighted by Gasteiger charge is -2.18. The largest absolute Gasteiger partial charge is 0.457 e. The average molecular weight is 485 g/mol. The van der Waals surface area contributed by atoms with Gasteiger partial charge in [-0.25, -0.2) is 0 Å². The van der Waals surface area contributed by atoms with Gasteiger partial charge in [-0.05, 0) is 42.5 Å². The lowest BCUT2D eigenvalue weighted by Crippen LogP contribution is -2.27. The highest BCUT2D eigenvalue weighted by Crippen LogP contribution is 2.37. The van der Waals surface area contributed by atoms with Crippen LogP contribution in [-0.4, -0.2) is 24.3 Å². The smallest absolute Gasteiger partial charge is 0.270 e. The highest BCUT2D eigenvalue weighted by molar-refractivity contribution is 9.10. The number of carbonyl (C=O) groups is 1. The summed E-state index contributed by atoms with van der Waals surface area (Å²) < 4.78 is 7.44. The Bertz CT molecular complexity index is 1120. The van der Waals surface area contributed by atoms with Crippen molar-refractivity contribution in [2.75, 3.05) is 23.9 Å². The van der Waals surface area contributed by atoms with Crippen molar-refractivity contribution in [3.05, 3.63) is 75.8 Å². The van der Waals surface area contributed by atoms with Gasteiger partial charge in [-0.1, -0.05) is 58.1 Å². The minimum atomic E-state index is -0.141. The third-order valence-corrected chi connectivity index (χ3v) is 6.26. The van der Waals surface area contributed by atoms with Crippen molar-refractivity contribution in [3.63, 3.8) is 0 Å². The van der Waals surface area contributed by atoms with Crippen LogP contribution in [0.3, 0.4) is 0 Å². The van der Waals surface area contributed by atoms with Crippen LogP contribution in [0.4, 0.5) is 11.4 Å². The summed E-state index contributed by atoms with van der Waals surface area (Å²) in [6.45, 7) is 0. The number of furan rings is 1. The van der Waals surface area contributed by atoms with Gasteiger partial charge in [-0.2, -0.15) is 0 Å². The predicted molar refractivity (Wildman–Crippen MR) is 128 cm³/mol. The van der Waals surface area contributed by atoms with E-state index in [2.05, 4.69) is 15.9 Å². The van der Waals surface area contributed by atoms with Gasteiger partial charge in [0, 0.05) is 35.9 Å². The molecule has 1 aromatic heterocycles. The molecule has 7 heteroatoms. The van der Waals surface area contributed by atoms with Gasteiger partial charge in [0.1, 0.15) is 11.5 Å². The first kappa shape index (κ1) is 19.9. The van der Waals surface area contributed by atoms with E-state index < -0.39 is 0 Å². The van der Waals surface area contributed by atoms with Crippen LogP contribution in [0.25, 0.3) is 17.4 Å². The number of thiocarbonyl (C=S) groups is 1. The molecule has 4 rings (SSSR count). The predicted octanol–water partition coefficient (Wildman–Crippen LogP) is 6.18. The first-order chi connectivity index (χ1) is 13.9. The molecule has 0 radical (unpaired) electrons. The molecule has 0 saturated carbocycles. The molecule has 0 spiro atoms. The Balaban J connectivity index is 1.60. The summed E-state index contributed by atoms with van der Waals surface area (Å²) in [5.41, 5.74) is 2.74. The molecule has 1 saturated heterocycles. The number of halogens is 1. The Morgan fingerprint density at radius 1 is 1.10 bits per heavy atom. The number of carbonyl (C=O) groups excluding carboxylic acids is 1. The zero-order valence-corrected chi connectivity index (χ0v) is 19.0. The first-order valence-corrected chi connectivity index (χ1v) is 10.9. The Labute approximate surface area is 187 Å². The zero-order chi connectivity index (χ0) is 20.5. The van der Waals surface area contributed by atoms with Gasteiger partial charge in [0.05, 0.1) is 10.6 Å². The molecule has 1 fully saturated rings. The Hall–Kier alpha value is -2.35. The van der Waals surface area contributed by atoms with E-state index in [1.807, 2.05) is 79.7 Å². The fourth-order valence-corrected chi connectivity index (χ4v) is 4.47. The van der Waals surface area contributed by atoms with Crippen LogP contribution in [0.5, 0.6) is 0 Å². The maximum absolute atomic E-state index is 13.0. The van der Waals surface area contributed by atoms with Crippen molar-refractivity contribution in [1.82, 2.24) is 0 Å². The van der Waals surface area contributed by atoms with Crippen LogP contribution in [0.1, 0.15) is 5.76 Å². The fraction of sp³-hybridized carbons (Fsp3) is 0.0909. The molecule has 3 aromatic rings. The van der Waals surface area contributed by atoms with E-state index in [1.165, 1.54) is 11.8 Å². The van der Waals surface area contributed by atoms with E-state index in [0.717, 1.165) is 27.2 Å². The molecule has 0 N–H and O–H groups in total. The van der Waals surface area contributed by atoms with Crippen LogP contribution in [0, 0.1) is 0 Å². The standard InChI is InChI=1S/C22H17BrN2O2S2/c1-24(2)16-4-3-5-17(12-16)25-21(26)20(29-22(25)28)13-18-10-11-19(27-18)14-6-8-15(23)9-7-14/h3-13H,1-2H3. The molecule has 1 amide bonds. The van der Waals surface area contributed by atoms with Crippen LogP contribution in [0.15, 0.2) is 74.5 Å². The molecule has 1 aliphatic rings. The number of hydrogen-bond donors (Lipinski definition) is 0. The summed E-state index contributed by atoms with van der Waals surface area (Å²) in [5.74, 6) is 1.22. The molecule has 0 aliphatic carbocycles. The van der Waals surface area contributed by atoms with Gasteiger partial charge in [0.25, 0.3) is 5.91 Å². The van der Waals surface area contributed by atoms with E-state index in [-0.39, 0.29) is 5.91 Å². The molecule has 0 atom stereocenters. The molecule has 0 bridgehead atoms. The second-order valence-electron chi connectivity index (χ2n) is 6.64. The highest BCUT2D eigenvalue weighted by Gasteiger charge is 2.33. The lowest BCUT2D eigenvalue weighted by atomic mass is 10.2. The maximum Gasteiger partial charge on any atom is 0.270 e. The Kier molecular flexibility index (Phi) is 5.63. The summed E-state index contributed by atoms with van der Waals surface area (Å²) in [6, 6.07) is 19.4. The number of amides is 1. The van der Waals surface area contributed by atoms with Crippen molar-refractivity contribution in [2.45, 2.75) is 0 Å². The zero-order valence-electron chi connectivity index (χ0n) is 15.8. The first-order valence-electron chi connectivity index (χ1n) is 8.83. The molecule has 146 valence electrons. The van der Waals surface area contributed by atoms with Crippen molar-refractivity contribution >= 4 is 67.6 Å². The summed E-state index contributed by atoms with van der Waals surface area (Å²) in [6.07, 6.45) is 1.75. The van der Waals surface area contributed by atoms with Crippen LogP contribution < -0.4 is 9.80 Å². The van der Waals surface area contributed by atoms with E-state index >= 15 is 0 Å². The summed E-state index contributed by atoms with van der Waals surface area (Å²) in [4.78, 5) is 17.1. The van der Waals surface area contributed by atoms with E-state index in [9.17, 15) is 4.79 Å². The normalized spacial score (nSPS) is 15.4. The molecule has 2 aromatic carbocycles. The van der Waals surface area contributed by atoms with Gasteiger partial charge < -0.3 is 9.32 Å². The minimum Gasteiger partial charge on any atom is -0.457 e. The Morgan fingerprint density at radius 3 is 2.59 bits per heavy atom. The van der Waals surface area contributed by atoms with Crippen molar-refractivity contribution in [2.24, 2.45) is 0 Å². The van der Waals surface area contributed by atoms with Gasteiger partial charge in [-0.15, -0.1) is 0 Å². The van der Waals surface area contributed by atoms with Gasteiger partial charge in [0.15, 0.2) is 4.32 Å². The summed E-state index contributed by atoms with van der Waals surface area (Å²) >= 11 is 10.2. The van der Waals surface area contributed by atoms with Crippen LogP contribution >= 0.6 is 39.9 Å². The Morgan fingerprint density at radius 2 is 1.86 bits per heavy atom. The second kappa shape index (κ2) is 8.18. The molecular weight excluding hydrogens is 468 g/mol. The van der Waals surface area contributed by atoms with E-state index in [1.54, 1.807) is 11.0 Å². The lowest BCUT2D eigenvalue weighted by molar-refractivity contribution is -0.113. The third kappa shape index (κ3) is 4.17. The number of rotatable bonds is 4. The SMILES string of the molecule is CN(C)c1cccc(N2C(=O)C(=Cc3ccc(-c4ccc(Br)cc4)o3)SC2=S)c1. The molecule has 4 nitrogen and oxygen atoms in total. The highest BCUT2D eigenvalue weighted by atomic mass is 79.9. The maximum atomic E-state index is 13.0. The molecule has 2 heterocycles. The summed E-state index contributed by atoms with van der Waals surface area (Å²) in [7, 11) is 3.92. The number of anilines is 2. The van der Waals surface area contributed by atoms with E-state index in [4.69, 9.17) is 16.6 Å². The fourth-order valence-electron chi connectivity index (χ4n) is 2.93. The monoisotopic (exact) mass is 484 g/mol. The van der Waals surface area contributed by atoms with Gasteiger partial charge >= 0.3 is 0 Å². The third-order valence-electron chi connectivity index (χ3n) is 4.43. The molecule has 0 unspecified atom stereocenters. The topological polar surface area (TPSA) is 36.7 Å².